The van der Waals surface area contributed by atoms with Crippen molar-refractivity contribution in [1.29, 1.82) is 0 Å². The molecule has 3 nitrogen and oxygen atoms in total. The Morgan fingerprint density at radius 1 is 1.30 bits per heavy atom. The molecule has 20 heavy (non-hydrogen) atoms. The monoisotopic (exact) mass is 275 g/mol. The van der Waals surface area contributed by atoms with Crippen LogP contribution in [0, 0.1) is 12.3 Å². The molecule has 1 aromatic carbocycles. The molecular formula is C17H25NO2. The predicted molar refractivity (Wildman–Crippen MR) is 80.2 cm³/mol. The smallest absolute Gasteiger partial charge is 0.124 e. The van der Waals surface area contributed by atoms with E-state index in [9.17, 15) is 0 Å². The summed E-state index contributed by atoms with van der Waals surface area (Å²) in [5, 5.41) is 3.62. The highest BCUT2D eigenvalue weighted by Gasteiger charge is 2.37. The minimum absolute atomic E-state index is 0.102. The van der Waals surface area contributed by atoms with Gasteiger partial charge in [-0.25, -0.2) is 0 Å². The molecule has 1 spiro atoms. The second kappa shape index (κ2) is 5.74. The van der Waals surface area contributed by atoms with E-state index < -0.39 is 0 Å². The maximum Gasteiger partial charge on any atom is 0.124 e. The third kappa shape index (κ3) is 2.70. The van der Waals surface area contributed by atoms with Crippen molar-refractivity contribution in [2.24, 2.45) is 5.41 Å². The zero-order valence-corrected chi connectivity index (χ0v) is 12.6. The van der Waals surface area contributed by atoms with Gasteiger partial charge < -0.3 is 14.8 Å². The van der Waals surface area contributed by atoms with E-state index in [1.807, 2.05) is 6.07 Å². The van der Waals surface area contributed by atoms with Crippen molar-refractivity contribution in [3.05, 3.63) is 29.3 Å². The minimum Gasteiger partial charge on any atom is -0.496 e. The third-order valence-electron chi connectivity index (χ3n) is 4.82. The molecule has 3 rings (SSSR count). The number of nitrogens with one attached hydrogen (secondary N) is 1. The van der Waals surface area contributed by atoms with E-state index in [0.717, 1.165) is 25.4 Å². The van der Waals surface area contributed by atoms with Gasteiger partial charge in [0.15, 0.2) is 0 Å². The van der Waals surface area contributed by atoms with Gasteiger partial charge in [0, 0.05) is 24.1 Å². The van der Waals surface area contributed by atoms with E-state index in [2.05, 4.69) is 24.4 Å². The van der Waals surface area contributed by atoms with Crippen molar-refractivity contribution < 1.29 is 9.47 Å². The molecule has 1 atom stereocenters. The number of aryl methyl sites for hydroxylation is 1. The van der Waals surface area contributed by atoms with Gasteiger partial charge in [-0.05, 0) is 31.9 Å². The Bertz CT molecular complexity index is 466. The van der Waals surface area contributed by atoms with E-state index >= 15 is 0 Å². The number of hydrogen-bond acceptors (Lipinski definition) is 3. The summed E-state index contributed by atoms with van der Waals surface area (Å²) in [5.41, 5.74) is 2.81. The number of methoxy groups -OCH3 is 1. The molecule has 110 valence electrons. The molecule has 2 aliphatic rings. The first kappa shape index (κ1) is 13.9. The van der Waals surface area contributed by atoms with Crippen LogP contribution in [-0.4, -0.2) is 26.8 Å². The number of rotatable bonds is 2. The second-order valence-electron chi connectivity index (χ2n) is 6.38. The Kier molecular flexibility index (Phi) is 3.99. The zero-order chi connectivity index (χ0) is 14.0. The molecule has 1 N–H and O–H groups in total. The van der Waals surface area contributed by atoms with Crippen LogP contribution in [0.1, 0.15) is 42.9 Å². The topological polar surface area (TPSA) is 30.5 Å². The fraction of sp³-hybridized carbons (Fsp3) is 0.647. The van der Waals surface area contributed by atoms with Crippen LogP contribution in [0.4, 0.5) is 0 Å². The van der Waals surface area contributed by atoms with Gasteiger partial charge in [-0.15, -0.1) is 0 Å². The highest BCUT2D eigenvalue weighted by molar-refractivity contribution is 5.38. The van der Waals surface area contributed by atoms with Crippen LogP contribution >= 0.6 is 0 Å². The van der Waals surface area contributed by atoms with Gasteiger partial charge >= 0.3 is 0 Å². The van der Waals surface area contributed by atoms with Gasteiger partial charge in [-0.3, -0.25) is 0 Å². The molecule has 0 aromatic heterocycles. The van der Waals surface area contributed by atoms with Gasteiger partial charge in [0.2, 0.25) is 0 Å². The van der Waals surface area contributed by atoms with E-state index in [1.165, 1.54) is 36.8 Å². The fourth-order valence-electron chi connectivity index (χ4n) is 3.61. The Hall–Kier alpha value is -1.06. The van der Waals surface area contributed by atoms with Crippen LogP contribution in [-0.2, 0) is 4.74 Å². The first-order valence-corrected chi connectivity index (χ1v) is 7.69. The maximum absolute atomic E-state index is 6.28. The summed E-state index contributed by atoms with van der Waals surface area (Å²) in [6, 6.07) is 6.33. The maximum atomic E-state index is 6.28. The molecule has 1 aliphatic carbocycles. The lowest BCUT2D eigenvalue weighted by molar-refractivity contribution is 0.0147. The van der Waals surface area contributed by atoms with Crippen molar-refractivity contribution in [2.45, 2.75) is 38.7 Å². The summed E-state index contributed by atoms with van der Waals surface area (Å²) in [4.78, 5) is 0. The van der Waals surface area contributed by atoms with Gasteiger partial charge in [-0.2, -0.15) is 0 Å². The Labute approximate surface area is 121 Å². The van der Waals surface area contributed by atoms with Crippen LogP contribution in [0.25, 0.3) is 0 Å². The normalized spacial score (nSPS) is 25.6. The van der Waals surface area contributed by atoms with Crippen LogP contribution in [0.5, 0.6) is 5.75 Å². The van der Waals surface area contributed by atoms with Crippen molar-refractivity contribution in [1.82, 2.24) is 5.32 Å². The minimum atomic E-state index is 0.102. The SMILES string of the molecule is COc1ccc(C)cc1C1CNCC2(CCCC2)CO1. The van der Waals surface area contributed by atoms with Crippen molar-refractivity contribution in [2.75, 3.05) is 26.8 Å². The molecule has 0 amide bonds. The Balaban J connectivity index is 1.79. The van der Waals surface area contributed by atoms with Gasteiger partial charge in [0.05, 0.1) is 19.8 Å². The fourth-order valence-corrected chi connectivity index (χ4v) is 3.61. The third-order valence-corrected chi connectivity index (χ3v) is 4.82. The van der Waals surface area contributed by atoms with Crippen molar-refractivity contribution >= 4 is 0 Å². The lowest BCUT2D eigenvalue weighted by Gasteiger charge is -2.26. The first-order chi connectivity index (χ1) is 9.72. The van der Waals surface area contributed by atoms with E-state index in [0.29, 0.717) is 5.41 Å². The number of hydrogen-bond donors (Lipinski definition) is 1. The van der Waals surface area contributed by atoms with Crippen LogP contribution < -0.4 is 10.1 Å². The highest BCUT2D eigenvalue weighted by atomic mass is 16.5. The van der Waals surface area contributed by atoms with Gasteiger partial charge in [0.1, 0.15) is 5.75 Å². The molecule has 1 heterocycles. The summed E-state index contributed by atoms with van der Waals surface area (Å²) in [6.07, 6.45) is 5.41. The van der Waals surface area contributed by atoms with E-state index in [-0.39, 0.29) is 6.10 Å². The molecule has 0 radical (unpaired) electrons. The standard InChI is InChI=1S/C17H25NO2/c1-13-5-6-15(19-2)14(9-13)16-10-18-11-17(12-20-16)7-3-4-8-17/h5-6,9,16,18H,3-4,7-8,10-12H2,1-2H3. The molecule has 1 unspecified atom stereocenters. The summed E-state index contributed by atoms with van der Waals surface area (Å²) < 4.78 is 11.8. The average Bonchev–Trinajstić information content (AvgIpc) is 2.80. The van der Waals surface area contributed by atoms with Gasteiger partial charge in [-0.1, -0.05) is 24.5 Å². The first-order valence-electron chi connectivity index (χ1n) is 7.69. The molecule has 2 fully saturated rings. The number of benzene rings is 1. The molecule has 1 aliphatic heterocycles. The Morgan fingerprint density at radius 2 is 2.10 bits per heavy atom. The number of ether oxygens (including phenoxy) is 2. The largest absolute Gasteiger partial charge is 0.496 e. The zero-order valence-electron chi connectivity index (χ0n) is 12.6. The van der Waals surface area contributed by atoms with E-state index in [1.54, 1.807) is 7.11 Å². The highest BCUT2D eigenvalue weighted by Crippen LogP contribution is 2.41. The summed E-state index contributed by atoms with van der Waals surface area (Å²) in [6.45, 7) is 4.96. The van der Waals surface area contributed by atoms with Gasteiger partial charge in [0.25, 0.3) is 0 Å². The van der Waals surface area contributed by atoms with Crippen molar-refractivity contribution in [3.63, 3.8) is 0 Å². The quantitative estimate of drug-likeness (QED) is 0.899. The predicted octanol–water partition coefficient (Wildman–Crippen LogP) is 3.22. The lowest BCUT2D eigenvalue weighted by Crippen LogP contribution is -2.32. The van der Waals surface area contributed by atoms with Crippen LogP contribution in [0.2, 0.25) is 0 Å². The molecule has 1 saturated carbocycles. The Morgan fingerprint density at radius 3 is 2.85 bits per heavy atom. The van der Waals surface area contributed by atoms with Crippen LogP contribution in [0.3, 0.4) is 0 Å². The summed E-state index contributed by atoms with van der Waals surface area (Å²) in [5.74, 6) is 0.935. The summed E-state index contributed by atoms with van der Waals surface area (Å²) >= 11 is 0. The molecule has 1 aromatic rings. The molecule has 3 heteroatoms. The van der Waals surface area contributed by atoms with E-state index in [4.69, 9.17) is 9.47 Å². The lowest BCUT2D eigenvalue weighted by atomic mass is 9.87. The molecule has 0 bridgehead atoms. The average molecular weight is 275 g/mol. The molecular weight excluding hydrogens is 250 g/mol. The summed E-state index contributed by atoms with van der Waals surface area (Å²) in [7, 11) is 1.73. The van der Waals surface area contributed by atoms with Crippen molar-refractivity contribution in [3.8, 4) is 5.75 Å². The second-order valence-corrected chi connectivity index (χ2v) is 6.38. The molecule has 1 saturated heterocycles. The van der Waals surface area contributed by atoms with Crippen LogP contribution in [0.15, 0.2) is 18.2 Å².